The first-order chi connectivity index (χ1) is 13.6. The predicted molar refractivity (Wildman–Crippen MR) is 113 cm³/mol. The molecule has 0 unspecified atom stereocenters. The number of pyridine rings is 2. The van der Waals surface area contributed by atoms with Crippen LogP contribution < -0.4 is 15.5 Å². The first-order valence-corrected chi connectivity index (χ1v) is 9.47. The van der Waals surface area contributed by atoms with Gasteiger partial charge in [-0.05, 0) is 42.3 Å². The first kappa shape index (κ1) is 18.3. The molecule has 3 heterocycles. The molecular weight excluding hydrogens is 374 g/mol. The largest absolute Gasteiger partial charge is 0.382 e. The number of carbonyl (C=O) groups is 1. The van der Waals surface area contributed by atoms with Crippen LogP contribution in [-0.2, 0) is 0 Å². The second kappa shape index (κ2) is 7.86. The Kier molecular flexibility index (Phi) is 5.12. The molecule has 4 rings (SSSR count). The van der Waals surface area contributed by atoms with Gasteiger partial charge in [0.15, 0.2) is 5.82 Å². The van der Waals surface area contributed by atoms with Crippen molar-refractivity contribution in [1.82, 2.24) is 9.97 Å². The number of anilines is 3. The summed E-state index contributed by atoms with van der Waals surface area (Å²) in [6.45, 7) is 3.42. The molecule has 1 aliphatic rings. The van der Waals surface area contributed by atoms with Crippen LogP contribution in [0.15, 0.2) is 60.9 Å². The molecule has 2 N–H and O–H groups in total. The number of benzene rings is 1. The number of nitrogens with zero attached hydrogens (tertiary/aromatic N) is 3. The summed E-state index contributed by atoms with van der Waals surface area (Å²) < 4.78 is 0. The zero-order valence-corrected chi connectivity index (χ0v) is 16.1. The molecule has 0 aliphatic carbocycles. The maximum Gasteiger partial charge on any atom is 0.327 e. The summed E-state index contributed by atoms with van der Waals surface area (Å²) in [5, 5.41) is 6.94. The number of aromatic nitrogens is 2. The fourth-order valence-electron chi connectivity index (χ4n) is 3.15. The SMILES string of the molecule is C[C@@H]1CNc2ccc(-c3cccc(Cl)c3)nc2N(C(=O)Nc2cccnc2)C1. The van der Waals surface area contributed by atoms with E-state index in [0.717, 1.165) is 23.5 Å². The number of rotatable bonds is 2. The van der Waals surface area contributed by atoms with E-state index in [1.807, 2.05) is 36.4 Å². The number of hydrogen-bond donors (Lipinski definition) is 2. The molecule has 1 aliphatic heterocycles. The van der Waals surface area contributed by atoms with E-state index in [-0.39, 0.29) is 11.9 Å². The molecule has 142 valence electrons. The summed E-state index contributed by atoms with van der Waals surface area (Å²) in [6, 6.07) is 14.8. The van der Waals surface area contributed by atoms with Gasteiger partial charge in [-0.3, -0.25) is 9.88 Å². The lowest BCUT2D eigenvalue weighted by Crippen LogP contribution is -2.38. The van der Waals surface area contributed by atoms with Crippen molar-refractivity contribution in [1.29, 1.82) is 0 Å². The van der Waals surface area contributed by atoms with E-state index in [1.165, 1.54) is 0 Å². The minimum absolute atomic E-state index is 0.236. The zero-order chi connectivity index (χ0) is 19.5. The smallest absolute Gasteiger partial charge is 0.327 e. The van der Waals surface area contributed by atoms with Gasteiger partial charge < -0.3 is 10.6 Å². The van der Waals surface area contributed by atoms with Crippen molar-refractivity contribution in [3.63, 3.8) is 0 Å². The Morgan fingerprint density at radius 1 is 1.25 bits per heavy atom. The lowest BCUT2D eigenvalue weighted by Gasteiger charge is -2.23. The monoisotopic (exact) mass is 393 g/mol. The molecule has 28 heavy (non-hydrogen) atoms. The van der Waals surface area contributed by atoms with Crippen LogP contribution in [0.3, 0.4) is 0 Å². The van der Waals surface area contributed by atoms with Crippen LogP contribution in [0.25, 0.3) is 11.3 Å². The van der Waals surface area contributed by atoms with E-state index >= 15 is 0 Å². The number of hydrogen-bond acceptors (Lipinski definition) is 4. The van der Waals surface area contributed by atoms with Gasteiger partial charge in [0, 0.05) is 29.9 Å². The summed E-state index contributed by atoms with van der Waals surface area (Å²) in [5.74, 6) is 0.867. The number of urea groups is 1. The summed E-state index contributed by atoms with van der Waals surface area (Å²) in [4.78, 5) is 23.6. The van der Waals surface area contributed by atoms with Gasteiger partial charge in [-0.25, -0.2) is 9.78 Å². The maximum absolute atomic E-state index is 13.0. The van der Waals surface area contributed by atoms with Gasteiger partial charge in [-0.1, -0.05) is 30.7 Å². The van der Waals surface area contributed by atoms with E-state index in [9.17, 15) is 4.79 Å². The molecule has 7 heteroatoms. The molecule has 3 aromatic rings. The van der Waals surface area contributed by atoms with Gasteiger partial charge in [0.2, 0.25) is 0 Å². The number of amides is 2. The fourth-order valence-corrected chi connectivity index (χ4v) is 3.34. The van der Waals surface area contributed by atoms with Crippen molar-refractivity contribution in [2.24, 2.45) is 5.92 Å². The van der Waals surface area contributed by atoms with Crippen LogP contribution in [-0.4, -0.2) is 29.1 Å². The lowest BCUT2D eigenvalue weighted by atomic mass is 10.1. The van der Waals surface area contributed by atoms with Crippen LogP contribution in [0, 0.1) is 5.92 Å². The topological polar surface area (TPSA) is 70.2 Å². The van der Waals surface area contributed by atoms with E-state index in [1.54, 1.807) is 29.4 Å². The molecule has 0 saturated carbocycles. The average Bonchev–Trinajstić information content (AvgIpc) is 2.87. The molecule has 0 saturated heterocycles. The molecule has 6 nitrogen and oxygen atoms in total. The number of nitrogens with one attached hydrogen (secondary N) is 2. The molecule has 1 aromatic carbocycles. The Morgan fingerprint density at radius 3 is 2.93 bits per heavy atom. The molecule has 2 amide bonds. The van der Waals surface area contributed by atoms with Gasteiger partial charge in [0.1, 0.15) is 0 Å². The fraction of sp³-hybridized carbons (Fsp3) is 0.190. The molecule has 0 spiro atoms. The standard InChI is InChI=1S/C21H20ClN5O/c1-14-11-24-19-8-7-18(15-4-2-5-16(22)10-15)26-20(19)27(13-14)21(28)25-17-6-3-9-23-12-17/h2-10,12,14,24H,11,13H2,1H3,(H,25,28)/t14-/m1/s1. The van der Waals surface area contributed by atoms with Crippen molar-refractivity contribution < 1.29 is 4.79 Å². The summed E-state index contributed by atoms with van der Waals surface area (Å²) in [5.41, 5.74) is 3.14. The maximum atomic E-state index is 13.0. The number of carbonyl (C=O) groups excluding carboxylic acids is 1. The normalized spacial score (nSPS) is 15.9. The van der Waals surface area contributed by atoms with Crippen LogP contribution in [0.2, 0.25) is 5.02 Å². The average molecular weight is 394 g/mol. The second-order valence-electron chi connectivity index (χ2n) is 6.85. The summed E-state index contributed by atoms with van der Waals surface area (Å²) in [6.07, 6.45) is 3.29. The van der Waals surface area contributed by atoms with E-state index in [4.69, 9.17) is 16.6 Å². The van der Waals surface area contributed by atoms with Gasteiger partial charge in [0.05, 0.1) is 23.3 Å². The molecule has 0 fully saturated rings. The molecule has 1 atom stereocenters. The highest BCUT2D eigenvalue weighted by atomic mass is 35.5. The van der Waals surface area contributed by atoms with E-state index in [2.05, 4.69) is 22.5 Å². The van der Waals surface area contributed by atoms with Crippen LogP contribution in [0.5, 0.6) is 0 Å². The van der Waals surface area contributed by atoms with Gasteiger partial charge in [-0.15, -0.1) is 0 Å². The minimum Gasteiger partial charge on any atom is -0.382 e. The summed E-state index contributed by atoms with van der Waals surface area (Å²) in [7, 11) is 0. The second-order valence-corrected chi connectivity index (χ2v) is 7.28. The minimum atomic E-state index is -0.236. The third-order valence-electron chi connectivity index (χ3n) is 4.54. The highest BCUT2D eigenvalue weighted by Crippen LogP contribution is 2.32. The third kappa shape index (κ3) is 3.92. The lowest BCUT2D eigenvalue weighted by molar-refractivity contribution is 0.256. The van der Waals surface area contributed by atoms with Crippen molar-refractivity contribution in [3.05, 3.63) is 65.9 Å². The van der Waals surface area contributed by atoms with Gasteiger partial charge >= 0.3 is 6.03 Å². The van der Waals surface area contributed by atoms with Crippen molar-refractivity contribution in [2.45, 2.75) is 6.92 Å². The van der Waals surface area contributed by atoms with Gasteiger partial charge in [-0.2, -0.15) is 0 Å². The van der Waals surface area contributed by atoms with Crippen LogP contribution in [0.1, 0.15) is 6.92 Å². The number of halogens is 1. The molecule has 0 bridgehead atoms. The highest BCUT2D eigenvalue weighted by molar-refractivity contribution is 6.30. The molecule has 2 aromatic heterocycles. The van der Waals surface area contributed by atoms with E-state index < -0.39 is 0 Å². The van der Waals surface area contributed by atoms with Crippen molar-refractivity contribution in [3.8, 4) is 11.3 Å². The predicted octanol–water partition coefficient (Wildman–Crippen LogP) is 4.90. The number of fused-ring (bicyclic) bond motifs is 1. The van der Waals surface area contributed by atoms with Crippen molar-refractivity contribution >= 4 is 34.8 Å². The third-order valence-corrected chi connectivity index (χ3v) is 4.78. The zero-order valence-electron chi connectivity index (χ0n) is 15.4. The van der Waals surface area contributed by atoms with Gasteiger partial charge in [0.25, 0.3) is 0 Å². The highest BCUT2D eigenvalue weighted by Gasteiger charge is 2.26. The molecular formula is C21H20ClN5O. The van der Waals surface area contributed by atoms with Crippen molar-refractivity contribution in [2.75, 3.05) is 28.6 Å². The van der Waals surface area contributed by atoms with E-state index in [0.29, 0.717) is 23.1 Å². The Morgan fingerprint density at radius 2 is 2.14 bits per heavy atom. The Hall–Kier alpha value is -3.12. The first-order valence-electron chi connectivity index (χ1n) is 9.09. The molecule has 0 radical (unpaired) electrons. The Bertz CT molecular complexity index is 995. The quantitative estimate of drug-likeness (QED) is 0.649. The Balaban J connectivity index is 1.71. The van der Waals surface area contributed by atoms with Crippen LogP contribution >= 0.6 is 11.6 Å². The summed E-state index contributed by atoms with van der Waals surface area (Å²) >= 11 is 6.13. The Labute approximate surface area is 168 Å². The van der Waals surface area contributed by atoms with Crippen LogP contribution in [0.4, 0.5) is 22.0 Å².